The van der Waals surface area contributed by atoms with E-state index in [4.69, 9.17) is 9.47 Å². The molecule has 0 aliphatic carbocycles. The SMILES string of the molecule is COc1ccc(S(=O)(=O)NCc2ccccc2OC)cc1I. The minimum absolute atomic E-state index is 0.162. The lowest BCUT2D eigenvalue weighted by atomic mass is 10.2. The van der Waals surface area contributed by atoms with Gasteiger partial charge in [-0.1, -0.05) is 18.2 Å². The Bertz CT molecular complexity index is 762. The minimum atomic E-state index is -3.60. The second-order valence-electron chi connectivity index (χ2n) is 4.43. The van der Waals surface area contributed by atoms with Gasteiger partial charge >= 0.3 is 0 Å². The van der Waals surface area contributed by atoms with Crippen LogP contribution in [0.25, 0.3) is 0 Å². The predicted octanol–water partition coefficient (Wildman–Crippen LogP) is 2.79. The molecule has 22 heavy (non-hydrogen) atoms. The Morgan fingerprint density at radius 1 is 1.05 bits per heavy atom. The van der Waals surface area contributed by atoms with Gasteiger partial charge in [-0.25, -0.2) is 13.1 Å². The van der Waals surface area contributed by atoms with Gasteiger partial charge in [-0.15, -0.1) is 0 Å². The van der Waals surface area contributed by atoms with Gasteiger partial charge in [0.1, 0.15) is 11.5 Å². The fourth-order valence-corrected chi connectivity index (χ4v) is 3.90. The molecule has 0 radical (unpaired) electrons. The first-order valence-corrected chi connectivity index (χ1v) is 8.99. The molecule has 7 heteroatoms. The fourth-order valence-electron chi connectivity index (χ4n) is 1.92. The molecule has 2 aromatic rings. The van der Waals surface area contributed by atoms with Crippen molar-refractivity contribution in [2.45, 2.75) is 11.4 Å². The molecule has 0 spiro atoms. The van der Waals surface area contributed by atoms with E-state index < -0.39 is 10.0 Å². The lowest BCUT2D eigenvalue weighted by Gasteiger charge is -2.11. The van der Waals surface area contributed by atoms with Crippen molar-refractivity contribution in [1.29, 1.82) is 0 Å². The summed E-state index contributed by atoms with van der Waals surface area (Å²) in [6.07, 6.45) is 0. The van der Waals surface area contributed by atoms with Gasteiger partial charge in [-0.05, 0) is 46.9 Å². The van der Waals surface area contributed by atoms with Crippen molar-refractivity contribution < 1.29 is 17.9 Å². The van der Waals surface area contributed by atoms with E-state index in [1.807, 2.05) is 40.8 Å². The zero-order valence-electron chi connectivity index (χ0n) is 12.2. The molecule has 0 unspecified atom stereocenters. The third-order valence-electron chi connectivity index (χ3n) is 3.08. The Labute approximate surface area is 143 Å². The second kappa shape index (κ2) is 7.30. The Kier molecular flexibility index (Phi) is 5.65. The Hall–Kier alpha value is -1.32. The minimum Gasteiger partial charge on any atom is -0.496 e. The molecule has 0 aromatic heterocycles. The Morgan fingerprint density at radius 3 is 2.36 bits per heavy atom. The van der Waals surface area contributed by atoms with Gasteiger partial charge in [0.15, 0.2) is 0 Å². The van der Waals surface area contributed by atoms with Crippen LogP contribution in [0.1, 0.15) is 5.56 Å². The van der Waals surface area contributed by atoms with Gasteiger partial charge in [0.05, 0.1) is 22.7 Å². The van der Waals surface area contributed by atoms with Crippen LogP contribution in [-0.2, 0) is 16.6 Å². The van der Waals surface area contributed by atoms with Crippen molar-refractivity contribution in [1.82, 2.24) is 4.72 Å². The number of sulfonamides is 1. The molecule has 0 amide bonds. The van der Waals surface area contributed by atoms with Crippen LogP contribution in [0.15, 0.2) is 47.4 Å². The average Bonchev–Trinajstić information content (AvgIpc) is 2.53. The van der Waals surface area contributed by atoms with Crippen molar-refractivity contribution in [3.8, 4) is 11.5 Å². The summed E-state index contributed by atoms with van der Waals surface area (Å²) in [6.45, 7) is 0.162. The first-order chi connectivity index (χ1) is 10.5. The Balaban J connectivity index is 2.19. The normalized spacial score (nSPS) is 11.2. The molecule has 0 aliphatic rings. The van der Waals surface area contributed by atoms with Crippen molar-refractivity contribution >= 4 is 32.6 Å². The van der Waals surface area contributed by atoms with E-state index in [9.17, 15) is 8.42 Å². The highest BCUT2D eigenvalue weighted by Crippen LogP contribution is 2.24. The molecule has 2 rings (SSSR count). The van der Waals surface area contributed by atoms with Crippen LogP contribution in [0.3, 0.4) is 0 Å². The first-order valence-electron chi connectivity index (χ1n) is 6.43. The van der Waals surface area contributed by atoms with Gasteiger partial charge < -0.3 is 9.47 Å². The molecule has 0 bridgehead atoms. The van der Waals surface area contributed by atoms with Crippen molar-refractivity contribution in [3.63, 3.8) is 0 Å². The number of nitrogens with one attached hydrogen (secondary N) is 1. The lowest BCUT2D eigenvalue weighted by molar-refractivity contribution is 0.409. The summed E-state index contributed by atoms with van der Waals surface area (Å²) in [4.78, 5) is 0.201. The maximum absolute atomic E-state index is 12.4. The highest BCUT2D eigenvalue weighted by atomic mass is 127. The zero-order chi connectivity index (χ0) is 16.2. The molecule has 0 aliphatic heterocycles. The van der Waals surface area contributed by atoms with Gasteiger partial charge in [0, 0.05) is 12.1 Å². The second-order valence-corrected chi connectivity index (χ2v) is 7.36. The number of methoxy groups -OCH3 is 2. The van der Waals surface area contributed by atoms with E-state index in [1.54, 1.807) is 32.4 Å². The van der Waals surface area contributed by atoms with Crippen molar-refractivity contribution in [2.75, 3.05) is 14.2 Å². The molecule has 0 atom stereocenters. The van der Waals surface area contributed by atoms with Crippen LogP contribution < -0.4 is 14.2 Å². The number of benzene rings is 2. The number of rotatable bonds is 6. The zero-order valence-corrected chi connectivity index (χ0v) is 15.1. The average molecular weight is 433 g/mol. The summed E-state index contributed by atoms with van der Waals surface area (Å²) in [5.41, 5.74) is 0.775. The number of hydrogen-bond donors (Lipinski definition) is 1. The van der Waals surface area contributed by atoms with E-state index in [1.165, 1.54) is 6.07 Å². The molecule has 0 fully saturated rings. The number of ether oxygens (including phenoxy) is 2. The maximum atomic E-state index is 12.4. The van der Waals surface area contributed by atoms with E-state index in [0.717, 1.165) is 9.13 Å². The summed E-state index contributed by atoms with van der Waals surface area (Å²) in [6, 6.07) is 12.0. The standard InChI is InChI=1S/C15H16INO4S/c1-20-14-6-4-3-5-11(14)10-17-22(18,19)12-7-8-15(21-2)13(16)9-12/h3-9,17H,10H2,1-2H3. The van der Waals surface area contributed by atoms with Crippen molar-refractivity contribution in [3.05, 3.63) is 51.6 Å². The van der Waals surface area contributed by atoms with Gasteiger partial charge in [0.2, 0.25) is 10.0 Å². The number of para-hydroxylation sites is 1. The van der Waals surface area contributed by atoms with Crippen LogP contribution in [0, 0.1) is 3.57 Å². The lowest BCUT2D eigenvalue weighted by Crippen LogP contribution is -2.23. The summed E-state index contributed by atoms with van der Waals surface area (Å²) >= 11 is 2.04. The molecular weight excluding hydrogens is 417 g/mol. The number of halogens is 1. The van der Waals surface area contributed by atoms with Crippen LogP contribution in [-0.4, -0.2) is 22.6 Å². The third kappa shape index (κ3) is 3.90. The summed E-state index contributed by atoms with van der Waals surface area (Å²) in [5.74, 6) is 1.29. The predicted molar refractivity (Wildman–Crippen MR) is 92.7 cm³/mol. The molecule has 1 N–H and O–H groups in total. The number of hydrogen-bond acceptors (Lipinski definition) is 4. The molecule has 2 aromatic carbocycles. The quantitative estimate of drug-likeness (QED) is 0.712. The topological polar surface area (TPSA) is 64.6 Å². The van der Waals surface area contributed by atoms with E-state index in [-0.39, 0.29) is 11.4 Å². The van der Waals surface area contributed by atoms with E-state index in [0.29, 0.717) is 11.5 Å². The highest BCUT2D eigenvalue weighted by molar-refractivity contribution is 14.1. The van der Waals surface area contributed by atoms with Crippen LogP contribution in [0.5, 0.6) is 11.5 Å². The van der Waals surface area contributed by atoms with Crippen LogP contribution in [0.4, 0.5) is 0 Å². The molecule has 118 valence electrons. The Morgan fingerprint density at radius 2 is 1.73 bits per heavy atom. The monoisotopic (exact) mass is 433 g/mol. The molecule has 5 nitrogen and oxygen atoms in total. The third-order valence-corrected chi connectivity index (χ3v) is 5.32. The molecular formula is C15H16INO4S. The first kappa shape index (κ1) is 17.0. The molecule has 0 saturated heterocycles. The van der Waals surface area contributed by atoms with Crippen LogP contribution >= 0.6 is 22.6 Å². The smallest absolute Gasteiger partial charge is 0.240 e. The van der Waals surface area contributed by atoms with Crippen molar-refractivity contribution in [2.24, 2.45) is 0 Å². The van der Waals surface area contributed by atoms with Gasteiger partial charge in [-0.3, -0.25) is 0 Å². The maximum Gasteiger partial charge on any atom is 0.240 e. The summed E-state index contributed by atoms with van der Waals surface area (Å²) < 4.78 is 38.4. The van der Waals surface area contributed by atoms with E-state index >= 15 is 0 Å². The molecule has 0 saturated carbocycles. The van der Waals surface area contributed by atoms with Crippen LogP contribution in [0.2, 0.25) is 0 Å². The van der Waals surface area contributed by atoms with Gasteiger partial charge in [-0.2, -0.15) is 0 Å². The largest absolute Gasteiger partial charge is 0.496 e. The van der Waals surface area contributed by atoms with E-state index in [2.05, 4.69) is 4.72 Å². The van der Waals surface area contributed by atoms with Gasteiger partial charge in [0.25, 0.3) is 0 Å². The highest BCUT2D eigenvalue weighted by Gasteiger charge is 2.16. The fraction of sp³-hybridized carbons (Fsp3) is 0.200. The summed E-state index contributed by atoms with van der Waals surface area (Å²) in [5, 5.41) is 0. The molecule has 0 heterocycles. The summed E-state index contributed by atoms with van der Waals surface area (Å²) in [7, 11) is -0.495.